The minimum absolute atomic E-state index is 0.830. The van der Waals surface area contributed by atoms with Crippen LogP contribution in [0.2, 0.25) is 0 Å². The first-order valence-corrected chi connectivity index (χ1v) is 16.3. The topological polar surface area (TPSA) is 30.5 Å². The molecule has 0 amide bonds. The van der Waals surface area contributed by atoms with Crippen LogP contribution < -0.4 is 5.32 Å². The van der Waals surface area contributed by atoms with Crippen LogP contribution in [-0.4, -0.2) is 39.5 Å². The van der Waals surface area contributed by atoms with Crippen LogP contribution in [-0.2, 0) is 9.47 Å². The number of nitrogens with one attached hydrogen (secondary N) is 1. The van der Waals surface area contributed by atoms with E-state index in [1.165, 1.54) is 154 Å². The Hall–Kier alpha value is -0.120. The fraction of sp³-hybridized carbons (Fsp3) is 1.00. The van der Waals surface area contributed by atoms with E-state index in [0.717, 1.165) is 39.5 Å². The maximum atomic E-state index is 5.75. The van der Waals surface area contributed by atoms with Crippen molar-refractivity contribution in [1.29, 1.82) is 0 Å². The minimum atomic E-state index is 0.830. The number of hydrogen-bond donors (Lipinski definition) is 1. The Morgan fingerprint density at radius 2 is 0.571 bits per heavy atom. The lowest BCUT2D eigenvalue weighted by molar-refractivity contribution is 0.117. The molecule has 0 saturated heterocycles. The molecule has 1 N–H and O–H groups in total. The Morgan fingerprint density at radius 3 is 0.857 bits per heavy atom. The molecule has 212 valence electrons. The van der Waals surface area contributed by atoms with Crippen molar-refractivity contribution in [2.45, 2.75) is 168 Å². The first kappa shape index (κ1) is 34.9. The summed E-state index contributed by atoms with van der Waals surface area (Å²) in [5.74, 6) is 0. The molecule has 0 fully saturated rings. The van der Waals surface area contributed by atoms with Gasteiger partial charge in [-0.05, 0) is 12.8 Å². The molecule has 0 bridgehead atoms. The van der Waals surface area contributed by atoms with Crippen LogP contribution in [0.5, 0.6) is 0 Å². The average Bonchev–Trinajstić information content (AvgIpc) is 2.87. The number of rotatable bonds is 32. The molecular formula is C32H67NO2. The summed E-state index contributed by atoms with van der Waals surface area (Å²) >= 11 is 0. The van der Waals surface area contributed by atoms with Crippen molar-refractivity contribution in [2.75, 3.05) is 39.5 Å². The Labute approximate surface area is 222 Å². The predicted octanol–water partition coefficient (Wildman–Crippen LogP) is 10.0. The lowest BCUT2D eigenvalue weighted by Crippen LogP contribution is -2.24. The van der Waals surface area contributed by atoms with Gasteiger partial charge in [0.15, 0.2) is 0 Å². The highest BCUT2D eigenvalue weighted by Gasteiger charge is 1.96. The molecule has 0 aliphatic heterocycles. The van der Waals surface area contributed by atoms with Crippen molar-refractivity contribution >= 4 is 0 Å². The van der Waals surface area contributed by atoms with Crippen molar-refractivity contribution in [3.63, 3.8) is 0 Å². The highest BCUT2D eigenvalue weighted by Crippen LogP contribution is 2.13. The van der Waals surface area contributed by atoms with Crippen LogP contribution in [0.1, 0.15) is 168 Å². The van der Waals surface area contributed by atoms with E-state index in [4.69, 9.17) is 9.47 Å². The SMILES string of the molecule is CCCCCCCCCCCCCCOCCNCCOCCCCCCCCCCCCCC. The van der Waals surface area contributed by atoms with E-state index in [0.29, 0.717) is 0 Å². The zero-order chi connectivity index (χ0) is 25.3. The second-order valence-corrected chi connectivity index (χ2v) is 10.8. The average molecular weight is 498 g/mol. The summed E-state index contributed by atoms with van der Waals surface area (Å²) in [5.41, 5.74) is 0. The second-order valence-electron chi connectivity index (χ2n) is 10.8. The van der Waals surface area contributed by atoms with Gasteiger partial charge < -0.3 is 14.8 Å². The minimum Gasteiger partial charge on any atom is -0.380 e. The molecular weight excluding hydrogens is 430 g/mol. The Bertz CT molecular complexity index is 318. The van der Waals surface area contributed by atoms with Crippen LogP contribution in [0, 0.1) is 0 Å². The van der Waals surface area contributed by atoms with Gasteiger partial charge in [-0.2, -0.15) is 0 Å². The molecule has 35 heavy (non-hydrogen) atoms. The molecule has 0 heterocycles. The summed E-state index contributed by atoms with van der Waals surface area (Å²) in [6.45, 7) is 9.98. The van der Waals surface area contributed by atoms with Gasteiger partial charge in [0.2, 0.25) is 0 Å². The van der Waals surface area contributed by atoms with Crippen LogP contribution in [0.25, 0.3) is 0 Å². The molecule has 0 spiro atoms. The van der Waals surface area contributed by atoms with E-state index >= 15 is 0 Å². The number of unbranched alkanes of at least 4 members (excludes halogenated alkanes) is 22. The largest absolute Gasteiger partial charge is 0.380 e. The summed E-state index contributed by atoms with van der Waals surface area (Å²) in [6, 6.07) is 0. The highest BCUT2D eigenvalue weighted by molar-refractivity contribution is 4.51. The summed E-state index contributed by atoms with van der Waals surface area (Å²) in [7, 11) is 0. The Balaban J connectivity index is 3.00. The third-order valence-electron chi connectivity index (χ3n) is 7.13. The van der Waals surface area contributed by atoms with Crippen molar-refractivity contribution in [3.05, 3.63) is 0 Å². The van der Waals surface area contributed by atoms with Gasteiger partial charge in [0.05, 0.1) is 13.2 Å². The predicted molar refractivity (Wildman–Crippen MR) is 157 cm³/mol. The zero-order valence-corrected chi connectivity index (χ0v) is 24.5. The maximum absolute atomic E-state index is 5.75. The first-order valence-electron chi connectivity index (χ1n) is 16.3. The molecule has 0 aromatic rings. The van der Waals surface area contributed by atoms with Crippen molar-refractivity contribution in [3.8, 4) is 0 Å². The fourth-order valence-corrected chi connectivity index (χ4v) is 4.71. The standard InChI is InChI=1S/C32H67NO2/c1-3-5-7-9-11-13-15-17-19-21-23-25-29-34-31-27-33-28-32-35-30-26-24-22-20-18-16-14-12-10-8-6-4-2/h33H,3-32H2,1-2H3. The quantitative estimate of drug-likeness (QED) is 0.0938. The smallest absolute Gasteiger partial charge is 0.0590 e. The molecule has 0 aromatic carbocycles. The summed E-state index contributed by atoms with van der Waals surface area (Å²) in [6.07, 6.45) is 33.6. The molecule has 0 saturated carbocycles. The fourth-order valence-electron chi connectivity index (χ4n) is 4.71. The first-order chi connectivity index (χ1) is 17.4. The molecule has 0 rings (SSSR count). The van der Waals surface area contributed by atoms with Gasteiger partial charge in [0.25, 0.3) is 0 Å². The van der Waals surface area contributed by atoms with Gasteiger partial charge in [0, 0.05) is 26.3 Å². The van der Waals surface area contributed by atoms with Crippen LogP contribution in [0.15, 0.2) is 0 Å². The maximum Gasteiger partial charge on any atom is 0.0590 e. The van der Waals surface area contributed by atoms with Crippen molar-refractivity contribution < 1.29 is 9.47 Å². The van der Waals surface area contributed by atoms with E-state index in [1.54, 1.807) is 0 Å². The van der Waals surface area contributed by atoms with Gasteiger partial charge in [-0.15, -0.1) is 0 Å². The third-order valence-corrected chi connectivity index (χ3v) is 7.13. The highest BCUT2D eigenvalue weighted by atomic mass is 16.5. The van der Waals surface area contributed by atoms with Crippen molar-refractivity contribution in [1.82, 2.24) is 5.32 Å². The van der Waals surface area contributed by atoms with E-state index in [1.807, 2.05) is 0 Å². The van der Waals surface area contributed by atoms with Gasteiger partial charge >= 0.3 is 0 Å². The molecule has 0 unspecified atom stereocenters. The van der Waals surface area contributed by atoms with E-state index in [-0.39, 0.29) is 0 Å². The molecule has 0 aromatic heterocycles. The summed E-state index contributed by atoms with van der Waals surface area (Å²) in [5, 5.41) is 3.43. The van der Waals surface area contributed by atoms with Gasteiger partial charge in [-0.1, -0.05) is 155 Å². The molecule has 3 heteroatoms. The van der Waals surface area contributed by atoms with Gasteiger partial charge in [0.1, 0.15) is 0 Å². The van der Waals surface area contributed by atoms with Crippen LogP contribution >= 0.6 is 0 Å². The van der Waals surface area contributed by atoms with Crippen LogP contribution in [0.4, 0.5) is 0 Å². The molecule has 0 atom stereocenters. The molecule has 0 radical (unpaired) electrons. The Morgan fingerprint density at radius 1 is 0.314 bits per heavy atom. The lowest BCUT2D eigenvalue weighted by atomic mass is 10.1. The van der Waals surface area contributed by atoms with E-state index < -0.39 is 0 Å². The second kappa shape index (κ2) is 33.9. The molecule has 0 aliphatic rings. The normalized spacial score (nSPS) is 11.5. The van der Waals surface area contributed by atoms with Crippen LogP contribution in [0.3, 0.4) is 0 Å². The lowest BCUT2D eigenvalue weighted by Gasteiger charge is -2.07. The van der Waals surface area contributed by atoms with E-state index in [9.17, 15) is 0 Å². The van der Waals surface area contributed by atoms with E-state index in [2.05, 4.69) is 19.2 Å². The number of hydrogen-bond acceptors (Lipinski definition) is 3. The zero-order valence-electron chi connectivity index (χ0n) is 24.5. The monoisotopic (exact) mass is 498 g/mol. The number of ether oxygens (including phenoxy) is 2. The summed E-state index contributed by atoms with van der Waals surface area (Å²) in [4.78, 5) is 0. The molecule has 3 nitrogen and oxygen atoms in total. The summed E-state index contributed by atoms with van der Waals surface area (Å²) < 4.78 is 11.5. The van der Waals surface area contributed by atoms with Gasteiger partial charge in [-0.25, -0.2) is 0 Å². The third kappa shape index (κ3) is 33.9. The van der Waals surface area contributed by atoms with Gasteiger partial charge in [-0.3, -0.25) is 0 Å². The molecule has 0 aliphatic carbocycles. The van der Waals surface area contributed by atoms with Crippen molar-refractivity contribution in [2.24, 2.45) is 0 Å². The Kier molecular flexibility index (Phi) is 33.8.